The van der Waals surface area contributed by atoms with Crippen LogP contribution in [0.15, 0.2) is 0 Å². The van der Waals surface area contributed by atoms with E-state index in [-0.39, 0.29) is 11.9 Å². The second-order valence-corrected chi connectivity index (χ2v) is 5.44. The van der Waals surface area contributed by atoms with Crippen molar-refractivity contribution in [1.82, 2.24) is 20.9 Å². The lowest BCUT2D eigenvalue weighted by molar-refractivity contribution is -0.121. The summed E-state index contributed by atoms with van der Waals surface area (Å²) in [5, 5.41) is 8.00. The number of hydrogen-bond acceptors (Lipinski definition) is 4. The van der Waals surface area contributed by atoms with Gasteiger partial charge in [0.25, 0.3) is 0 Å². The van der Waals surface area contributed by atoms with Crippen molar-refractivity contribution in [3.05, 3.63) is 0 Å². The Hall–Kier alpha value is -1.14. The molecular formula is C14H28N4O2. The number of likely N-dealkylation sites (N-methyl/N-ethyl adjacent to an activating group) is 1. The van der Waals surface area contributed by atoms with Crippen LogP contribution in [0.5, 0.6) is 0 Å². The number of hydrogen-bond donors (Lipinski definition) is 3. The lowest BCUT2D eigenvalue weighted by atomic mass is 10.2. The molecule has 0 aliphatic heterocycles. The minimum absolute atomic E-state index is 0.292. The van der Waals surface area contributed by atoms with Crippen molar-refractivity contribution in [3.63, 3.8) is 0 Å². The quantitative estimate of drug-likeness (QED) is 0.643. The predicted octanol–water partition coefficient (Wildman–Crippen LogP) is 0.685. The molecule has 1 saturated carbocycles. The minimum atomic E-state index is -0.436. The molecule has 0 aromatic rings. The maximum atomic E-state index is 11.7. The monoisotopic (exact) mass is 284 g/mol. The summed E-state index contributed by atoms with van der Waals surface area (Å²) in [5.74, 6) is -0.292. The van der Waals surface area contributed by atoms with Crippen LogP contribution >= 0.6 is 0 Å². The molecule has 1 aliphatic rings. The third-order valence-corrected chi connectivity index (χ3v) is 3.83. The highest BCUT2D eigenvalue weighted by atomic mass is 16.2. The molecule has 0 radical (unpaired) electrons. The van der Waals surface area contributed by atoms with E-state index in [1.54, 1.807) is 6.92 Å². The fourth-order valence-corrected chi connectivity index (χ4v) is 2.50. The molecular weight excluding hydrogens is 256 g/mol. The van der Waals surface area contributed by atoms with Crippen LogP contribution in [0, 0.1) is 0 Å². The van der Waals surface area contributed by atoms with Gasteiger partial charge in [0.15, 0.2) is 0 Å². The molecule has 0 saturated heterocycles. The Labute approximate surface area is 121 Å². The summed E-state index contributed by atoms with van der Waals surface area (Å²) in [6, 6.07) is -0.111. The minimum Gasteiger partial charge on any atom is -0.338 e. The van der Waals surface area contributed by atoms with Gasteiger partial charge in [-0.05, 0) is 33.7 Å². The number of urea groups is 1. The molecule has 1 unspecified atom stereocenters. The van der Waals surface area contributed by atoms with Crippen molar-refractivity contribution >= 4 is 11.9 Å². The number of carbonyl (C=O) groups is 2. The topological polar surface area (TPSA) is 73.5 Å². The van der Waals surface area contributed by atoms with Crippen LogP contribution in [-0.2, 0) is 4.79 Å². The van der Waals surface area contributed by atoms with Gasteiger partial charge in [0.2, 0.25) is 5.91 Å². The Morgan fingerprint density at radius 1 is 1.30 bits per heavy atom. The van der Waals surface area contributed by atoms with Gasteiger partial charge in [0.1, 0.15) is 0 Å². The number of imide groups is 1. The number of rotatable bonds is 7. The van der Waals surface area contributed by atoms with Crippen molar-refractivity contribution in [2.24, 2.45) is 0 Å². The summed E-state index contributed by atoms with van der Waals surface area (Å²) in [4.78, 5) is 25.3. The van der Waals surface area contributed by atoms with Crippen molar-refractivity contribution < 1.29 is 9.59 Å². The van der Waals surface area contributed by atoms with Crippen molar-refractivity contribution in [2.75, 3.05) is 26.7 Å². The highest BCUT2D eigenvalue weighted by Crippen LogP contribution is 2.21. The summed E-state index contributed by atoms with van der Waals surface area (Å²) < 4.78 is 0. The molecule has 0 aromatic heterocycles. The molecule has 6 heteroatoms. The summed E-state index contributed by atoms with van der Waals surface area (Å²) in [6.45, 7) is 5.75. The molecule has 0 aromatic carbocycles. The average Bonchev–Trinajstić information content (AvgIpc) is 2.92. The lowest BCUT2D eigenvalue weighted by Crippen LogP contribution is -2.49. The highest BCUT2D eigenvalue weighted by molar-refractivity contribution is 5.96. The maximum absolute atomic E-state index is 11.7. The molecule has 0 bridgehead atoms. The molecule has 116 valence electrons. The summed E-state index contributed by atoms with van der Waals surface area (Å²) >= 11 is 0. The van der Waals surface area contributed by atoms with Crippen LogP contribution in [0.2, 0.25) is 0 Å². The normalized spacial score (nSPS) is 17.2. The molecule has 0 spiro atoms. The highest BCUT2D eigenvalue weighted by Gasteiger charge is 2.20. The Bertz CT molecular complexity index is 316. The first-order chi connectivity index (χ1) is 9.54. The third kappa shape index (κ3) is 5.88. The molecule has 3 N–H and O–H groups in total. The Morgan fingerprint density at radius 3 is 2.55 bits per heavy atom. The van der Waals surface area contributed by atoms with Crippen LogP contribution in [0.3, 0.4) is 0 Å². The van der Waals surface area contributed by atoms with Crippen LogP contribution in [0.4, 0.5) is 4.79 Å². The zero-order chi connectivity index (χ0) is 15.0. The predicted molar refractivity (Wildman–Crippen MR) is 79.6 cm³/mol. The summed E-state index contributed by atoms with van der Waals surface area (Å²) in [5.41, 5.74) is 0. The molecule has 3 amide bonds. The maximum Gasteiger partial charge on any atom is 0.321 e. The van der Waals surface area contributed by atoms with E-state index in [0.717, 1.165) is 13.1 Å². The number of carbonyl (C=O) groups excluding carboxylic acids is 2. The standard InChI is InChI=1S/C14H28N4O2/c1-4-15-14(20)17-13(19)11(2)16-9-10-18(3)12-7-5-6-8-12/h11-12,16H,4-10H2,1-3H3,(H2,15,17,19,20). The summed E-state index contributed by atoms with van der Waals surface area (Å²) in [7, 11) is 2.14. The first-order valence-electron chi connectivity index (χ1n) is 7.57. The Morgan fingerprint density at radius 2 is 1.95 bits per heavy atom. The summed E-state index contributed by atoms with van der Waals surface area (Å²) in [6.07, 6.45) is 5.22. The van der Waals surface area contributed by atoms with E-state index in [0.29, 0.717) is 12.6 Å². The van der Waals surface area contributed by atoms with Crippen LogP contribution in [0.25, 0.3) is 0 Å². The van der Waals surface area contributed by atoms with Crippen molar-refractivity contribution in [3.8, 4) is 0 Å². The molecule has 1 rings (SSSR count). The molecule has 0 heterocycles. The first-order valence-corrected chi connectivity index (χ1v) is 7.57. The van der Waals surface area contributed by atoms with Crippen molar-refractivity contribution in [2.45, 2.75) is 51.6 Å². The molecule has 1 fully saturated rings. The fourth-order valence-electron chi connectivity index (χ4n) is 2.50. The average molecular weight is 284 g/mol. The number of nitrogens with one attached hydrogen (secondary N) is 3. The zero-order valence-corrected chi connectivity index (χ0v) is 12.9. The fraction of sp³-hybridized carbons (Fsp3) is 0.857. The van der Waals surface area contributed by atoms with E-state index in [2.05, 4.69) is 27.9 Å². The van der Waals surface area contributed by atoms with Gasteiger partial charge in [-0.1, -0.05) is 12.8 Å². The van der Waals surface area contributed by atoms with Gasteiger partial charge in [-0.2, -0.15) is 0 Å². The van der Waals surface area contributed by atoms with E-state index in [1.165, 1.54) is 25.7 Å². The first kappa shape index (κ1) is 16.9. The van der Waals surface area contributed by atoms with E-state index in [1.807, 2.05) is 6.92 Å². The zero-order valence-electron chi connectivity index (χ0n) is 12.9. The van der Waals surface area contributed by atoms with Gasteiger partial charge in [-0.25, -0.2) is 4.79 Å². The number of amides is 3. The third-order valence-electron chi connectivity index (χ3n) is 3.83. The largest absolute Gasteiger partial charge is 0.338 e. The smallest absolute Gasteiger partial charge is 0.321 e. The van der Waals surface area contributed by atoms with E-state index in [9.17, 15) is 9.59 Å². The van der Waals surface area contributed by atoms with Gasteiger partial charge in [0, 0.05) is 25.7 Å². The molecule has 6 nitrogen and oxygen atoms in total. The Balaban J connectivity index is 2.16. The Kier molecular flexibility index (Phi) is 7.54. The molecule has 20 heavy (non-hydrogen) atoms. The van der Waals surface area contributed by atoms with Gasteiger partial charge < -0.3 is 15.5 Å². The van der Waals surface area contributed by atoms with E-state index >= 15 is 0 Å². The SMILES string of the molecule is CCNC(=O)NC(=O)C(C)NCCN(C)C1CCCC1. The van der Waals surface area contributed by atoms with Crippen molar-refractivity contribution in [1.29, 1.82) is 0 Å². The lowest BCUT2D eigenvalue weighted by Gasteiger charge is -2.24. The molecule has 1 aliphatic carbocycles. The van der Waals surface area contributed by atoms with Crippen LogP contribution in [-0.4, -0.2) is 55.6 Å². The number of nitrogens with zero attached hydrogens (tertiary/aromatic N) is 1. The second kappa shape index (κ2) is 8.92. The van der Waals surface area contributed by atoms with Gasteiger partial charge >= 0.3 is 6.03 Å². The molecule has 1 atom stereocenters. The van der Waals surface area contributed by atoms with E-state index in [4.69, 9.17) is 0 Å². The van der Waals surface area contributed by atoms with Gasteiger partial charge in [-0.3, -0.25) is 10.1 Å². The van der Waals surface area contributed by atoms with Gasteiger partial charge in [-0.15, -0.1) is 0 Å². The van der Waals surface area contributed by atoms with E-state index < -0.39 is 6.03 Å². The van der Waals surface area contributed by atoms with Gasteiger partial charge in [0.05, 0.1) is 6.04 Å². The van der Waals surface area contributed by atoms with Crippen LogP contribution in [0.1, 0.15) is 39.5 Å². The second-order valence-electron chi connectivity index (χ2n) is 5.44. The van der Waals surface area contributed by atoms with Crippen LogP contribution < -0.4 is 16.0 Å².